The predicted octanol–water partition coefficient (Wildman–Crippen LogP) is 3.50. The Hall–Kier alpha value is -2.39. The topological polar surface area (TPSA) is 43.8 Å². The number of nitrogens with two attached hydrogens (primary N) is 1. The molecule has 0 radical (unpaired) electrons. The van der Waals surface area contributed by atoms with E-state index in [0.29, 0.717) is 0 Å². The molecule has 3 nitrogen and oxygen atoms in total. The monoisotopic (exact) mass is 277 g/mol. The third-order valence-corrected chi connectivity index (χ3v) is 3.66. The number of aryl methyl sites for hydroxylation is 1. The Kier molecular flexibility index (Phi) is 4.12. The summed E-state index contributed by atoms with van der Waals surface area (Å²) < 4.78 is 1.98. The van der Waals surface area contributed by atoms with Gasteiger partial charge in [-0.1, -0.05) is 48.5 Å². The molecule has 0 amide bonds. The van der Waals surface area contributed by atoms with Gasteiger partial charge in [0, 0.05) is 17.9 Å². The molecule has 0 aliphatic heterocycles. The number of nitrogens with zero attached hydrogens (tertiary/aromatic N) is 2. The number of hydrogen-bond donors (Lipinski definition) is 1. The van der Waals surface area contributed by atoms with Gasteiger partial charge >= 0.3 is 0 Å². The number of aromatic nitrogens is 2. The third-order valence-electron chi connectivity index (χ3n) is 3.66. The van der Waals surface area contributed by atoms with E-state index in [1.807, 2.05) is 47.3 Å². The largest absolute Gasteiger partial charge is 0.324 e. The van der Waals surface area contributed by atoms with Gasteiger partial charge in [-0.3, -0.25) is 0 Å². The van der Waals surface area contributed by atoms with Crippen molar-refractivity contribution in [2.24, 2.45) is 5.73 Å². The maximum Gasteiger partial charge on any atom is 0.0648 e. The van der Waals surface area contributed by atoms with E-state index < -0.39 is 0 Å². The van der Waals surface area contributed by atoms with Crippen LogP contribution in [0.5, 0.6) is 0 Å². The van der Waals surface area contributed by atoms with Crippen LogP contribution in [-0.4, -0.2) is 9.78 Å². The van der Waals surface area contributed by atoms with E-state index in [2.05, 4.69) is 35.4 Å². The summed E-state index contributed by atoms with van der Waals surface area (Å²) in [6, 6.07) is 22.5. The molecule has 1 atom stereocenters. The van der Waals surface area contributed by atoms with E-state index in [-0.39, 0.29) is 6.04 Å². The standard InChI is InChI=1S/C18H19N3/c19-18(15-7-3-1-4-8-15)12-11-17-13-14-20-21(17)16-9-5-2-6-10-16/h1-10,13-14,18H,11-12,19H2. The minimum absolute atomic E-state index is 0.0605. The van der Waals surface area contributed by atoms with E-state index in [9.17, 15) is 0 Å². The van der Waals surface area contributed by atoms with Crippen molar-refractivity contribution in [3.63, 3.8) is 0 Å². The molecule has 0 spiro atoms. The first-order chi connectivity index (χ1) is 10.3. The quantitative estimate of drug-likeness (QED) is 0.775. The Labute approximate surface area is 125 Å². The minimum atomic E-state index is 0.0605. The van der Waals surface area contributed by atoms with Crippen LogP contribution in [0.4, 0.5) is 0 Å². The van der Waals surface area contributed by atoms with Gasteiger partial charge < -0.3 is 5.73 Å². The van der Waals surface area contributed by atoms with Crippen molar-refractivity contribution >= 4 is 0 Å². The van der Waals surface area contributed by atoms with E-state index in [1.54, 1.807) is 0 Å². The first-order valence-corrected chi connectivity index (χ1v) is 7.23. The molecule has 0 aliphatic carbocycles. The second kappa shape index (κ2) is 6.37. The van der Waals surface area contributed by atoms with Gasteiger partial charge in [-0.2, -0.15) is 5.10 Å². The second-order valence-corrected chi connectivity index (χ2v) is 5.13. The van der Waals surface area contributed by atoms with Gasteiger partial charge in [-0.15, -0.1) is 0 Å². The first kappa shape index (κ1) is 13.6. The molecule has 106 valence electrons. The zero-order valence-corrected chi connectivity index (χ0v) is 11.9. The maximum atomic E-state index is 6.27. The molecule has 0 saturated carbocycles. The van der Waals surface area contributed by atoms with Crippen molar-refractivity contribution in [1.29, 1.82) is 0 Å². The van der Waals surface area contributed by atoms with Gasteiger partial charge in [0.1, 0.15) is 0 Å². The maximum absolute atomic E-state index is 6.27. The summed E-state index contributed by atoms with van der Waals surface area (Å²) in [5.41, 5.74) is 9.73. The van der Waals surface area contributed by atoms with Crippen LogP contribution in [-0.2, 0) is 6.42 Å². The summed E-state index contributed by atoms with van der Waals surface area (Å²) in [5, 5.41) is 4.41. The SMILES string of the molecule is NC(CCc1ccnn1-c1ccccc1)c1ccccc1. The van der Waals surface area contributed by atoms with Crippen molar-refractivity contribution in [1.82, 2.24) is 9.78 Å². The van der Waals surface area contributed by atoms with Gasteiger partial charge in [-0.25, -0.2) is 4.68 Å². The zero-order chi connectivity index (χ0) is 14.5. The summed E-state index contributed by atoms with van der Waals surface area (Å²) in [7, 11) is 0. The van der Waals surface area contributed by atoms with Gasteiger partial charge in [0.05, 0.1) is 5.69 Å². The van der Waals surface area contributed by atoms with Gasteiger partial charge in [0.25, 0.3) is 0 Å². The highest BCUT2D eigenvalue weighted by molar-refractivity contribution is 5.32. The lowest BCUT2D eigenvalue weighted by Crippen LogP contribution is -2.12. The molecule has 1 aromatic heterocycles. The summed E-state index contributed by atoms with van der Waals surface area (Å²) in [6.45, 7) is 0. The average molecular weight is 277 g/mol. The molecule has 0 fully saturated rings. The third kappa shape index (κ3) is 3.20. The molecule has 2 aromatic carbocycles. The van der Waals surface area contributed by atoms with Crippen LogP contribution in [0.15, 0.2) is 72.9 Å². The lowest BCUT2D eigenvalue weighted by Gasteiger charge is -2.13. The molecule has 21 heavy (non-hydrogen) atoms. The molecule has 2 N–H and O–H groups in total. The molecule has 3 rings (SSSR count). The highest BCUT2D eigenvalue weighted by Gasteiger charge is 2.09. The molecule has 0 bridgehead atoms. The van der Waals surface area contributed by atoms with Gasteiger partial charge in [0.2, 0.25) is 0 Å². The fourth-order valence-electron chi connectivity index (χ4n) is 2.49. The smallest absolute Gasteiger partial charge is 0.0648 e. The van der Waals surface area contributed by atoms with Crippen LogP contribution in [0.25, 0.3) is 5.69 Å². The van der Waals surface area contributed by atoms with Crippen molar-refractivity contribution in [3.05, 3.63) is 84.2 Å². The second-order valence-electron chi connectivity index (χ2n) is 5.13. The van der Waals surface area contributed by atoms with Gasteiger partial charge in [0.15, 0.2) is 0 Å². The first-order valence-electron chi connectivity index (χ1n) is 7.23. The summed E-state index contributed by atoms with van der Waals surface area (Å²) in [6.07, 6.45) is 3.66. The molecule has 3 aromatic rings. The molecule has 1 heterocycles. The fraction of sp³-hybridized carbons (Fsp3) is 0.167. The Morgan fingerprint density at radius 2 is 1.57 bits per heavy atom. The van der Waals surface area contributed by atoms with Crippen LogP contribution in [0.3, 0.4) is 0 Å². The highest BCUT2D eigenvalue weighted by Crippen LogP contribution is 2.18. The van der Waals surface area contributed by atoms with E-state index in [1.165, 1.54) is 11.3 Å². The number of rotatable bonds is 5. The van der Waals surface area contributed by atoms with Crippen molar-refractivity contribution in [2.75, 3.05) is 0 Å². The molecule has 3 heteroatoms. The summed E-state index contributed by atoms with van der Waals surface area (Å²) >= 11 is 0. The van der Waals surface area contributed by atoms with E-state index in [4.69, 9.17) is 5.73 Å². The van der Waals surface area contributed by atoms with Crippen LogP contribution in [0.1, 0.15) is 23.7 Å². The van der Waals surface area contributed by atoms with Crippen molar-refractivity contribution < 1.29 is 0 Å². The van der Waals surface area contributed by atoms with E-state index >= 15 is 0 Å². The van der Waals surface area contributed by atoms with Crippen molar-refractivity contribution in [3.8, 4) is 5.69 Å². The lowest BCUT2D eigenvalue weighted by atomic mass is 10.0. The molecule has 0 saturated heterocycles. The lowest BCUT2D eigenvalue weighted by molar-refractivity contribution is 0.631. The molecular weight excluding hydrogens is 258 g/mol. The van der Waals surface area contributed by atoms with Crippen molar-refractivity contribution in [2.45, 2.75) is 18.9 Å². The van der Waals surface area contributed by atoms with Crippen LogP contribution < -0.4 is 5.73 Å². The number of benzene rings is 2. The molecule has 0 aliphatic rings. The minimum Gasteiger partial charge on any atom is -0.324 e. The normalized spacial score (nSPS) is 12.2. The zero-order valence-electron chi connectivity index (χ0n) is 11.9. The summed E-state index contributed by atoms with van der Waals surface area (Å²) in [4.78, 5) is 0. The predicted molar refractivity (Wildman–Crippen MR) is 85.3 cm³/mol. The number of hydrogen-bond acceptors (Lipinski definition) is 2. The fourth-order valence-corrected chi connectivity index (χ4v) is 2.49. The van der Waals surface area contributed by atoms with Crippen LogP contribution in [0.2, 0.25) is 0 Å². The van der Waals surface area contributed by atoms with Crippen LogP contribution >= 0.6 is 0 Å². The Morgan fingerprint density at radius 1 is 0.905 bits per heavy atom. The molecular formula is C18H19N3. The Bertz CT molecular complexity index is 674. The molecule has 1 unspecified atom stereocenters. The number of para-hydroxylation sites is 1. The van der Waals surface area contributed by atoms with E-state index in [0.717, 1.165) is 18.5 Å². The summed E-state index contributed by atoms with van der Waals surface area (Å²) in [5.74, 6) is 0. The highest BCUT2D eigenvalue weighted by atomic mass is 15.3. The Balaban J connectivity index is 1.71. The Morgan fingerprint density at radius 3 is 2.29 bits per heavy atom. The van der Waals surface area contributed by atoms with Gasteiger partial charge in [-0.05, 0) is 36.6 Å². The van der Waals surface area contributed by atoms with Crippen LogP contribution in [0, 0.1) is 0 Å². The average Bonchev–Trinajstić information content (AvgIpc) is 3.03.